The van der Waals surface area contributed by atoms with Gasteiger partial charge in [0.05, 0.1) is 17.6 Å². The number of hydrazone groups is 1. The zero-order valence-electron chi connectivity index (χ0n) is 12.3. The van der Waals surface area contributed by atoms with E-state index in [2.05, 4.69) is 26.5 Å². The summed E-state index contributed by atoms with van der Waals surface area (Å²) in [6, 6.07) is 12.2. The van der Waals surface area contributed by atoms with Crippen LogP contribution in [-0.2, 0) is 11.2 Å². The van der Waals surface area contributed by atoms with Gasteiger partial charge in [-0.3, -0.25) is 14.9 Å². The summed E-state index contributed by atoms with van der Waals surface area (Å²) in [6.45, 7) is 1.67. The molecule has 7 heteroatoms. The molecule has 0 bridgehead atoms. The summed E-state index contributed by atoms with van der Waals surface area (Å²) in [7, 11) is 0. The van der Waals surface area contributed by atoms with Crippen LogP contribution in [0.5, 0.6) is 0 Å². The third-order valence-corrected chi connectivity index (χ3v) is 3.64. The normalized spacial score (nSPS) is 10.7. The zero-order valence-corrected chi connectivity index (χ0v) is 13.9. The van der Waals surface area contributed by atoms with E-state index in [0.29, 0.717) is 11.1 Å². The van der Waals surface area contributed by atoms with E-state index in [1.54, 1.807) is 19.1 Å². The Hall–Kier alpha value is -2.54. The number of nitro groups is 1. The van der Waals surface area contributed by atoms with Crippen LogP contribution in [0.25, 0.3) is 0 Å². The standard InChI is InChI=1S/C16H14BrN3O3/c1-11-2-3-13(8-15(11)20(22)23)10-18-19-16(21)9-12-4-6-14(17)7-5-12/h2-8,10H,9H2,1H3,(H,19,21)/b18-10-. The van der Waals surface area contributed by atoms with Gasteiger partial charge in [0.15, 0.2) is 0 Å². The minimum Gasteiger partial charge on any atom is -0.273 e. The lowest BCUT2D eigenvalue weighted by Gasteiger charge is -2.01. The van der Waals surface area contributed by atoms with Gasteiger partial charge >= 0.3 is 0 Å². The third-order valence-electron chi connectivity index (χ3n) is 3.11. The van der Waals surface area contributed by atoms with Crippen LogP contribution < -0.4 is 5.43 Å². The molecule has 0 saturated heterocycles. The summed E-state index contributed by atoms with van der Waals surface area (Å²) in [5.74, 6) is -0.259. The van der Waals surface area contributed by atoms with Crippen molar-refractivity contribution in [3.05, 3.63) is 73.7 Å². The number of carbonyl (C=O) groups is 1. The van der Waals surface area contributed by atoms with Crippen LogP contribution in [0.4, 0.5) is 5.69 Å². The van der Waals surface area contributed by atoms with Crippen LogP contribution in [0, 0.1) is 17.0 Å². The molecule has 23 heavy (non-hydrogen) atoms. The molecule has 2 aromatic carbocycles. The lowest BCUT2D eigenvalue weighted by Crippen LogP contribution is -2.19. The maximum absolute atomic E-state index is 11.8. The van der Waals surface area contributed by atoms with E-state index in [1.165, 1.54) is 12.3 Å². The Bertz CT molecular complexity index is 758. The maximum Gasteiger partial charge on any atom is 0.272 e. The van der Waals surface area contributed by atoms with E-state index < -0.39 is 4.92 Å². The smallest absolute Gasteiger partial charge is 0.272 e. The molecule has 0 saturated carbocycles. The summed E-state index contributed by atoms with van der Waals surface area (Å²) in [6.07, 6.45) is 1.59. The topological polar surface area (TPSA) is 84.6 Å². The van der Waals surface area contributed by atoms with Gasteiger partial charge in [-0.05, 0) is 24.6 Å². The van der Waals surface area contributed by atoms with Gasteiger partial charge in [0.25, 0.3) is 5.69 Å². The predicted molar refractivity (Wildman–Crippen MR) is 91.4 cm³/mol. The van der Waals surface area contributed by atoms with Crippen molar-refractivity contribution in [3.8, 4) is 0 Å². The molecule has 2 rings (SSSR count). The number of hydrogen-bond acceptors (Lipinski definition) is 4. The maximum atomic E-state index is 11.8. The number of amides is 1. The van der Waals surface area contributed by atoms with Gasteiger partial charge in [-0.1, -0.05) is 40.2 Å². The minimum atomic E-state index is -0.446. The van der Waals surface area contributed by atoms with Gasteiger partial charge in [0, 0.05) is 21.7 Å². The summed E-state index contributed by atoms with van der Waals surface area (Å²) in [5, 5.41) is 14.7. The van der Waals surface area contributed by atoms with Crippen molar-refractivity contribution in [3.63, 3.8) is 0 Å². The van der Waals surface area contributed by atoms with Gasteiger partial charge in [0.1, 0.15) is 0 Å². The number of hydrogen-bond donors (Lipinski definition) is 1. The number of benzene rings is 2. The Morgan fingerprint density at radius 1 is 1.30 bits per heavy atom. The highest BCUT2D eigenvalue weighted by Crippen LogP contribution is 2.18. The van der Waals surface area contributed by atoms with Crippen LogP contribution in [0.15, 0.2) is 52.0 Å². The summed E-state index contributed by atoms with van der Waals surface area (Å²) >= 11 is 3.33. The molecule has 0 aromatic heterocycles. The number of aryl methyl sites for hydroxylation is 1. The Kier molecular flexibility index (Phi) is 5.59. The minimum absolute atomic E-state index is 0.0233. The van der Waals surface area contributed by atoms with Crippen molar-refractivity contribution < 1.29 is 9.72 Å². The number of carbonyl (C=O) groups excluding carboxylic acids is 1. The Labute approximate surface area is 141 Å². The van der Waals surface area contributed by atoms with E-state index in [4.69, 9.17) is 0 Å². The number of rotatable bonds is 5. The first kappa shape index (κ1) is 16.8. The molecule has 0 unspecified atom stereocenters. The quantitative estimate of drug-likeness (QED) is 0.493. The number of nitro benzene ring substituents is 1. The van der Waals surface area contributed by atoms with Crippen LogP contribution in [0.3, 0.4) is 0 Å². The summed E-state index contributed by atoms with van der Waals surface area (Å²) in [5.41, 5.74) is 4.42. The fourth-order valence-electron chi connectivity index (χ4n) is 1.91. The second kappa shape index (κ2) is 7.64. The molecule has 0 fully saturated rings. The zero-order chi connectivity index (χ0) is 16.8. The average molecular weight is 376 g/mol. The molecule has 0 radical (unpaired) electrons. The van der Waals surface area contributed by atoms with Crippen LogP contribution in [0.2, 0.25) is 0 Å². The van der Waals surface area contributed by atoms with E-state index in [0.717, 1.165) is 10.0 Å². The molecular formula is C16H14BrN3O3. The second-order valence-electron chi connectivity index (χ2n) is 4.90. The molecule has 0 aliphatic heterocycles. The second-order valence-corrected chi connectivity index (χ2v) is 5.82. The first-order valence-electron chi connectivity index (χ1n) is 6.77. The number of halogens is 1. The highest BCUT2D eigenvalue weighted by molar-refractivity contribution is 9.10. The molecule has 2 aromatic rings. The Morgan fingerprint density at radius 2 is 2.00 bits per heavy atom. The fraction of sp³-hybridized carbons (Fsp3) is 0.125. The van der Waals surface area contributed by atoms with Gasteiger partial charge in [-0.25, -0.2) is 5.43 Å². The van der Waals surface area contributed by atoms with Gasteiger partial charge < -0.3 is 0 Å². The third kappa shape index (κ3) is 5.00. The lowest BCUT2D eigenvalue weighted by atomic mass is 10.1. The SMILES string of the molecule is Cc1ccc(/C=N\NC(=O)Cc2ccc(Br)cc2)cc1[N+](=O)[O-]. The van der Waals surface area contributed by atoms with Crippen LogP contribution in [0.1, 0.15) is 16.7 Å². The molecule has 0 heterocycles. The molecule has 0 atom stereocenters. The molecule has 118 valence electrons. The van der Waals surface area contributed by atoms with Crippen molar-refractivity contribution in [1.29, 1.82) is 0 Å². The lowest BCUT2D eigenvalue weighted by molar-refractivity contribution is -0.385. The van der Waals surface area contributed by atoms with Gasteiger partial charge in [-0.15, -0.1) is 0 Å². The molecule has 0 aliphatic carbocycles. The van der Waals surface area contributed by atoms with Crippen molar-refractivity contribution in [1.82, 2.24) is 5.43 Å². The highest BCUT2D eigenvalue weighted by Gasteiger charge is 2.10. The van der Waals surface area contributed by atoms with Crippen LogP contribution in [-0.4, -0.2) is 17.0 Å². The highest BCUT2D eigenvalue weighted by atomic mass is 79.9. The monoisotopic (exact) mass is 375 g/mol. The van der Waals surface area contributed by atoms with E-state index >= 15 is 0 Å². The predicted octanol–water partition coefficient (Wildman–Crippen LogP) is 3.36. The largest absolute Gasteiger partial charge is 0.273 e. The van der Waals surface area contributed by atoms with Gasteiger partial charge in [0.2, 0.25) is 5.91 Å². The summed E-state index contributed by atoms with van der Waals surface area (Å²) < 4.78 is 0.945. The molecule has 1 amide bonds. The van der Waals surface area contributed by atoms with Crippen molar-refractivity contribution in [2.75, 3.05) is 0 Å². The first-order valence-corrected chi connectivity index (χ1v) is 7.56. The number of nitrogens with one attached hydrogen (secondary N) is 1. The molecule has 1 N–H and O–H groups in total. The van der Waals surface area contributed by atoms with Crippen molar-refractivity contribution >= 4 is 33.7 Å². The van der Waals surface area contributed by atoms with Crippen LogP contribution >= 0.6 is 15.9 Å². The molecule has 0 spiro atoms. The average Bonchev–Trinajstić information content (AvgIpc) is 2.51. The first-order chi connectivity index (χ1) is 11.0. The van der Waals surface area contributed by atoms with E-state index in [1.807, 2.05) is 24.3 Å². The Balaban J connectivity index is 1.96. The van der Waals surface area contributed by atoms with Crippen molar-refractivity contribution in [2.45, 2.75) is 13.3 Å². The molecular weight excluding hydrogens is 362 g/mol. The number of nitrogens with zero attached hydrogens (tertiary/aromatic N) is 2. The van der Waals surface area contributed by atoms with E-state index in [-0.39, 0.29) is 18.0 Å². The molecule has 0 aliphatic rings. The van der Waals surface area contributed by atoms with Gasteiger partial charge in [-0.2, -0.15) is 5.10 Å². The Morgan fingerprint density at radius 3 is 2.65 bits per heavy atom. The summed E-state index contributed by atoms with van der Waals surface area (Å²) in [4.78, 5) is 22.2. The van der Waals surface area contributed by atoms with E-state index in [9.17, 15) is 14.9 Å². The van der Waals surface area contributed by atoms with Crippen molar-refractivity contribution in [2.24, 2.45) is 5.10 Å². The fourth-order valence-corrected chi connectivity index (χ4v) is 2.17. The molecule has 6 nitrogen and oxygen atoms in total.